The van der Waals surface area contributed by atoms with E-state index in [0.29, 0.717) is 36.9 Å². The number of carbonyl (C=O) groups is 2. The van der Waals surface area contributed by atoms with E-state index in [0.717, 1.165) is 36.5 Å². The zero-order chi connectivity index (χ0) is 24.6. The van der Waals surface area contributed by atoms with Gasteiger partial charge < -0.3 is 15.0 Å². The van der Waals surface area contributed by atoms with E-state index in [-0.39, 0.29) is 17.9 Å². The van der Waals surface area contributed by atoms with Crippen molar-refractivity contribution in [1.82, 2.24) is 15.1 Å². The fraction of sp³-hybridized carbons (Fsp3) is 0.467. The molecular weight excluding hydrogens is 450 g/mol. The van der Waals surface area contributed by atoms with Crippen molar-refractivity contribution in [2.24, 2.45) is 0 Å². The summed E-state index contributed by atoms with van der Waals surface area (Å²) in [4.78, 5) is 29.9. The highest BCUT2D eigenvalue weighted by Crippen LogP contribution is 2.36. The zero-order valence-corrected chi connectivity index (χ0v) is 20.8. The highest BCUT2D eigenvalue weighted by atomic mass is 16.5. The largest absolute Gasteiger partial charge is 0.489 e. The summed E-state index contributed by atoms with van der Waals surface area (Å²) in [5, 5.41) is 2.81. The second-order valence-electron chi connectivity index (χ2n) is 10.8. The summed E-state index contributed by atoms with van der Waals surface area (Å²) in [7, 11) is 0. The standard InChI is InChI=1S/C30H35N3O3/c1-20-12-15-27(29(34)31-20)33-19-22-16-24(13-14-25(22)30(33)35)36-28-11-7-3-6-10-26(28)32-17-23(18-32)21-8-4-2-5-9-21/h2,4-5,8-9,13-14,16,23,26-28H,1,3,6-7,10-12,15,17-19H2,(H,31,34)/t26-,27?,28-/m0/s1. The first-order chi connectivity index (χ1) is 17.6. The molecular formula is C30H35N3O3. The topological polar surface area (TPSA) is 61.9 Å². The van der Waals surface area contributed by atoms with Crippen LogP contribution in [0.4, 0.5) is 0 Å². The fourth-order valence-corrected chi connectivity index (χ4v) is 6.41. The average Bonchev–Trinajstić information content (AvgIpc) is 3.00. The Hall–Kier alpha value is -3.12. The van der Waals surface area contributed by atoms with Crippen LogP contribution in [0.2, 0.25) is 0 Å². The van der Waals surface area contributed by atoms with Crippen molar-refractivity contribution in [3.05, 3.63) is 77.5 Å². The maximum atomic E-state index is 13.1. The Kier molecular flexibility index (Phi) is 6.30. The molecule has 3 aliphatic heterocycles. The Bertz CT molecular complexity index is 1160. The van der Waals surface area contributed by atoms with Crippen LogP contribution in [-0.4, -0.2) is 52.9 Å². The molecule has 1 N–H and O–H groups in total. The van der Waals surface area contributed by atoms with Crippen LogP contribution < -0.4 is 10.1 Å². The number of hydrogen-bond acceptors (Lipinski definition) is 4. The molecule has 2 saturated heterocycles. The first kappa shape index (κ1) is 23.3. The third-order valence-electron chi connectivity index (χ3n) is 8.46. The molecule has 0 aromatic heterocycles. The number of amides is 2. The molecule has 2 aromatic carbocycles. The number of allylic oxidation sites excluding steroid dienone is 1. The number of likely N-dealkylation sites (tertiary alicyclic amines) is 1. The number of nitrogens with zero attached hydrogens (tertiary/aromatic N) is 2. The summed E-state index contributed by atoms with van der Waals surface area (Å²) < 4.78 is 6.66. The van der Waals surface area contributed by atoms with E-state index in [1.807, 2.05) is 18.2 Å². The Morgan fingerprint density at radius 3 is 2.56 bits per heavy atom. The van der Waals surface area contributed by atoms with Crippen molar-refractivity contribution >= 4 is 11.8 Å². The summed E-state index contributed by atoms with van der Waals surface area (Å²) in [5.74, 6) is 1.25. The Morgan fingerprint density at radius 1 is 0.944 bits per heavy atom. The summed E-state index contributed by atoms with van der Waals surface area (Å²) in [6.45, 7) is 6.49. The van der Waals surface area contributed by atoms with Crippen LogP contribution in [0.15, 0.2) is 60.8 Å². The number of ether oxygens (including phenoxy) is 1. The highest BCUT2D eigenvalue weighted by molar-refractivity contribution is 6.01. The normalized spacial score (nSPS) is 27.3. The van der Waals surface area contributed by atoms with Gasteiger partial charge in [0.05, 0.1) is 0 Å². The Balaban J connectivity index is 1.14. The first-order valence-corrected chi connectivity index (χ1v) is 13.4. The number of carbonyl (C=O) groups excluding carboxylic acids is 2. The van der Waals surface area contributed by atoms with Gasteiger partial charge in [0.2, 0.25) is 5.91 Å². The molecule has 0 radical (unpaired) electrons. The minimum Gasteiger partial charge on any atom is -0.489 e. The van der Waals surface area contributed by atoms with E-state index >= 15 is 0 Å². The van der Waals surface area contributed by atoms with Gasteiger partial charge in [0.15, 0.2) is 0 Å². The fourth-order valence-electron chi connectivity index (χ4n) is 6.41. The van der Waals surface area contributed by atoms with E-state index < -0.39 is 6.04 Å². The zero-order valence-electron chi connectivity index (χ0n) is 20.8. The van der Waals surface area contributed by atoms with Crippen LogP contribution in [0.5, 0.6) is 5.75 Å². The molecule has 6 heteroatoms. The molecule has 0 spiro atoms. The second-order valence-corrected chi connectivity index (χ2v) is 10.8. The van der Waals surface area contributed by atoms with Gasteiger partial charge >= 0.3 is 0 Å². The molecule has 1 unspecified atom stereocenters. The molecule has 3 fully saturated rings. The number of rotatable bonds is 5. The van der Waals surface area contributed by atoms with Gasteiger partial charge in [-0.05, 0) is 61.4 Å². The third kappa shape index (κ3) is 4.43. The van der Waals surface area contributed by atoms with Gasteiger partial charge in [-0.1, -0.05) is 49.8 Å². The summed E-state index contributed by atoms with van der Waals surface area (Å²) >= 11 is 0. The van der Waals surface area contributed by atoms with Gasteiger partial charge in [-0.3, -0.25) is 14.5 Å². The van der Waals surface area contributed by atoms with E-state index in [2.05, 4.69) is 47.1 Å². The average molecular weight is 486 g/mol. The lowest BCUT2D eigenvalue weighted by atomic mass is 9.88. The lowest BCUT2D eigenvalue weighted by Crippen LogP contribution is -2.55. The molecule has 3 heterocycles. The van der Waals surface area contributed by atoms with Gasteiger partial charge in [0.25, 0.3) is 5.91 Å². The van der Waals surface area contributed by atoms with Crippen LogP contribution in [0.1, 0.15) is 72.3 Å². The molecule has 6 rings (SSSR count). The lowest BCUT2D eigenvalue weighted by Gasteiger charge is -2.46. The Morgan fingerprint density at radius 2 is 1.75 bits per heavy atom. The SMILES string of the molecule is C=C1CCC(N2Cc3cc(O[C@H]4CCCCC[C@@H]4N4CC(c5ccccc5)C4)ccc3C2=O)C(=O)N1. The van der Waals surface area contributed by atoms with Gasteiger partial charge in [0.1, 0.15) is 17.9 Å². The van der Waals surface area contributed by atoms with Crippen molar-refractivity contribution in [2.45, 2.75) is 75.6 Å². The monoisotopic (exact) mass is 485 g/mol. The van der Waals surface area contributed by atoms with E-state index in [1.165, 1.54) is 31.2 Å². The van der Waals surface area contributed by atoms with Gasteiger partial charge in [0, 0.05) is 42.9 Å². The van der Waals surface area contributed by atoms with Crippen LogP contribution in [0.3, 0.4) is 0 Å². The molecule has 2 aromatic rings. The summed E-state index contributed by atoms with van der Waals surface area (Å²) in [5.41, 5.74) is 3.80. The quantitative estimate of drug-likeness (QED) is 0.628. The van der Waals surface area contributed by atoms with Crippen molar-refractivity contribution in [3.63, 3.8) is 0 Å². The number of nitrogens with one attached hydrogen (secondary N) is 1. The third-order valence-corrected chi connectivity index (χ3v) is 8.46. The second kappa shape index (κ2) is 9.74. The molecule has 0 bridgehead atoms. The number of benzene rings is 2. The maximum Gasteiger partial charge on any atom is 0.255 e. The molecule has 188 valence electrons. The van der Waals surface area contributed by atoms with Gasteiger partial charge in [-0.15, -0.1) is 0 Å². The molecule has 1 aliphatic carbocycles. The van der Waals surface area contributed by atoms with Crippen molar-refractivity contribution in [2.75, 3.05) is 13.1 Å². The minimum atomic E-state index is -0.435. The smallest absolute Gasteiger partial charge is 0.255 e. The van der Waals surface area contributed by atoms with E-state index in [1.54, 1.807) is 4.90 Å². The minimum absolute atomic E-state index is 0.0657. The van der Waals surface area contributed by atoms with Crippen molar-refractivity contribution in [3.8, 4) is 5.75 Å². The molecule has 1 saturated carbocycles. The molecule has 4 aliphatic rings. The number of piperidine rings is 1. The van der Waals surface area contributed by atoms with Crippen LogP contribution in [0.25, 0.3) is 0 Å². The Labute approximate surface area is 213 Å². The van der Waals surface area contributed by atoms with E-state index in [9.17, 15) is 9.59 Å². The van der Waals surface area contributed by atoms with Gasteiger partial charge in [-0.25, -0.2) is 0 Å². The van der Waals surface area contributed by atoms with Gasteiger partial charge in [-0.2, -0.15) is 0 Å². The van der Waals surface area contributed by atoms with Crippen LogP contribution in [-0.2, 0) is 11.3 Å². The van der Waals surface area contributed by atoms with Crippen molar-refractivity contribution in [1.29, 1.82) is 0 Å². The number of hydrogen-bond donors (Lipinski definition) is 1. The summed E-state index contributed by atoms with van der Waals surface area (Å²) in [6, 6.07) is 16.7. The maximum absolute atomic E-state index is 13.1. The van der Waals surface area contributed by atoms with Crippen LogP contribution >= 0.6 is 0 Å². The lowest BCUT2D eigenvalue weighted by molar-refractivity contribution is -0.126. The highest BCUT2D eigenvalue weighted by Gasteiger charge is 2.40. The van der Waals surface area contributed by atoms with E-state index in [4.69, 9.17) is 4.74 Å². The molecule has 36 heavy (non-hydrogen) atoms. The molecule has 3 atom stereocenters. The van der Waals surface area contributed by atoms with Crippen LogP contribution in [0, 0.1) is 0 Å². The predicted octanol–water partition coefficient (Wildman–Crippen LogP) is 4.61. The number of fused-ring (bicyclic) bond motifs is 1. The van der Waals surface area contributed by atoms with Crippen molar-refractivity contribution < 1.29 is 14.3 Å². The molecule has 6 nitrogen and oxygen atoms in total. The first-order valence-electron chi connectivity index (χ1n) is 13.4. The summed E-state index contributed by atoms with van der Waals surface area (Å²) in [6.07, 6.45) is 7.42. The molecule has 2 amide bonds. The predicted molar refractivity (Wildman–Crippen MR) is 139 cm³/mol.